The van der Waals surface area contributed by atoms with Gasteiger partial charge in [-0.05, 0) is 24.6 Å². The number of hydrogen-bond donors (Lipinski definition) is 1. The van der Waals surface area contributed by atoms with Gasteiger partial charge in [0.25, 0.3) is 0 Å². The van der Waals surface area contributed by atoms with Crippen LogP contribution in [0.25, 0.3) is 0 Å². The van der Waals surface area contributed by atoms with Crippen molar-refractivity contribution in [3.05, 3.63) is 47.0 Å². The molecule has 1 heterocycles. The van der Waals surface area contributed by atoms with E-state index in [4.69, 9.17) is 0 Å². The van der Waals surface area contributed by atoms with E-state index in [1.54, 1.807) is 13.0 Å². The minimum absolute atomic E-state index is 0.119. The fourth-order valence-corrected chi connectivity index (χ4v) is 1.70. The molecule has 1 aromatic carbocycles. The van der Waals surface area contributed by atoms with E-state index in [1.807, 2.05) is 0 Å². The lowest BCUT2D eigenvalue weighted by atomic mass is 9.94. The lowest BCUT2D eigenvalue weighted by Crippen LogP contribution is -2.15. The summed E-state index contributed by atoms with van der Waals surface area (Å²) in [5, 5.41) is 16.4. The van der Waals surface area contributed by atoms with Crippen LogP contribution >= 0.6 is 0 Å². The molecule has 0 saturated heterocycles. The summed E-state index contributed by atoms with van der Waals surface area (Å²) in [6.07, 6.45) is 0.119. The van der Waals surface area contributed by atoms with Gasteiger partial charge in [-0.1, -0.05) is 22.4 Å². The molecule has 0 aliphatic rings. The van der Waals surface area contributed by atoms with Crippen molar-refractivity contribution in [2.75, 3.05) is 0 Å². The number of carboxylic acids is 1. The molecule has 6 heteroatoms. The van der Waals surface area contributed by atoms with Crippen molar-refractivity contribution in [1.82, 2.24) is 10.3 Å². The van der Waals surface area contributed by atoms with Crippen molar-refractivity contribution < 1.29 is 18.9 Å². The van der Waals surface area contributed by atoms with Gasteiger partial charge in [-0.2, -0.15) is 0 Å². The van der Waals surface area contributed by atoms with Crippen LogP contribution < -0.4 is 0 Å². The Morgan fingerprint density at radius 1 is 1.50 bits per heavy atom. The average molecular weight is 250 g/mol. The maximum Gasteiger partial charge on any atom is 0.311 e. The normalized spacial score (nSPS) is 12.3. The van der Waals surface area contributed by atoms with E-state index in [2.05, 4.69) is 14.9 Å². The summed E-state index contributed by atoms with van der Waals surface area (Å²) in [4.78, 5) is 11.2. The van der Waals surface area contributed by atoms with Gasteiger partial charge in [0.2, 0.25) is 0 Å². The number of carbonyl (C=O) groups is 1. The largest absolute Gasteiger partial charge is 0.481 e. The van der Waals surface area contributed by atoms with Crippen LogP contribution in [-0.2, 0) is 11.2 Å². The standard InChI is InChI=1S/C12H11FN2O3/c1-7-11(15-18-14-7)6-10(12(16)17)8-3-2-4-9(13)5-8/h2-5,10H,6H2,1H3,(H,16,17). The Morgan fingerprint density at radius 2 is 2.28 bits per heavy atom. The summed E-state index contributed by atoms with van der Waals surface area (Å²) in [5.74, 6) is -2.37. The Hall–Kier alpha value is -2.24. The van der Waals surface area contributed by atoms with Crippen LogP contribution in [0.5, 0.6) is 0 Å². The van der Waals surface area contributed by atoms with Gasteiger partial charge in [0, 0.05) is 6.42 Å². The van der Waals surface area contributed by atoms with E-state index in [-0.39, 0.29) is 6.42 Å². The third-order valence-electron chi connectivity index (χ3n) is 2.69. The fourth-order valence-electron chi connectivity index (χ4n) is 1.70. The predicted octanol–water partition coefficient (Wildman–Crippen LogP) is 1.93. The monoisotopic (exact) mass is 250 g/mol. The van der Waals surface area contributed by atoms with Gasteiger partial charge >= 0.3 is 5.97 Å². The zero-order valence-corrected chi connectivity index (χ0v) is 9.63. The molecule has 0 bridgehead atoms. The molecular formula is C12H11FN2O3. The van der Waals surface area contributed by atoms with Crippen LogP contribution in [0.4, 0.5) is 4.39 Å². The highest BCUT2D eigenvalue weighted by molar-refractivity contribution is 5.76. The van der Waals surface area contributed by atoms with Crippen LogP contribution in [0.3, 0.4) is 0 Å². The minimum Gasteiger partial charge on any atom is -0.481 e. The molecule has 18 heavy (non-hydrogen) atoms. The van der Waals surface area contributed by atoms with E-state index >= 15 is 0 Å². The molecule has 94 valence electrons. The van der Waals surface area contributed by atoms with Crippen LogP contribution in [0.2, 0.25) is 0 Å². The SMILES string of the molecule is Cc1nonc1CC(C(=O)O)c1cccc(F)c1. The molecule has 2 aromatic rings. The van der Waals surface area contributed by atoms with E-state index in [1.165, 1.54) is 18.2 Å². The topological polar surface area (TPSA) is 76.2 Å². The van der Waals surface area contributed by atoms with Gasteiger partial charge in [-0.25, -0.2) is 9.02 Å². The second-order valence-corrected chi connectivity index (χ2v) is 3.95. The number of rotatable bonds is 4. The first-order valence-corrected chi connectivity index (χ1v) is 5.34. The number of aromatic nitrogens is 2. The van der Waals surface area contributed by atoms with Crippen molar-refractivity contribution in [3.63, 3.8) is 0 Å². The number of aryl methyl sites for hydroxylation is 1. The van der Waals surface area contributed by atoms with Crippen molar-refractivity contribution in [2.24, 2.45) is 0 Å². The summed E-state index contributed by atoms with van der Waals surface area (Å²) in [6, 6.07) is 5.53. The van der Waals surface area contributed by atoms with Crippen LogP contribution in [0.15, 0.2) is 28.9 Å². The Balaban J connectivity index is 2.30. The number of halogens is 1. The van der Waals surface area contributed by atoms with Crippen molar-refractivity contribution in [3.8, 4) is 0 Å². The van der Waals surface area contributed by atoms with E-state index < -0.39 is 17.7 Å². The third kappa shape index (κ3) is 2.53. The van der Waals surface area contributed by atoms with Crippen LogP contribution in [0.1, 0.15) is 22.9 Å². The number of nitrogens with zero attached hydrogens (tertiary/aromatic N) is 2. The molecule has 2 rings (SSSR count). The number of benzene rings is 1. The summed E-state index contributed by atoms with van der Waals surface area (Å²) in [6.45, 7) is 1.68. The van der Waals surface area contributed by atoms with Crippen molar-refractivity contribution in [1.29, 1.82) is 0 Å². The van der Waals surface area contributed by atoms with Gasteiger partial charge in [0.05, 0.1) is 5.92 Å². The molecule has 5 nitrogen and oxygen atoms in total. The first-order valence-electron chi connectivity index (χ1n) is 5.34. The van der Waals surface area contributed by atoms with Gasteiger partial charge in [-0.3, -0.25) is 4.79 Å². The highest BCUT2D eigenvalue weighted by Crippen LogP contribution is 2.22. The molecule has 0 aliphatic carbocycles. The molecule has 1 N–H and O–H groups in total. The second-order valence-electron chi connectivity index (χ2n) is 3.95. The number of carboxylic acid groups (broad SMARTS) is 1. The van der Waals surface area contributed by atoms with Gasteiger partial charge in [0.1, 0.15) is 17.2 Å². The first-order chi connectivity index (χ1) is 8.58. The molecule has 0 amide bonds. The zero-order chi connectivity index (χ0) is 13.1. The highest BCUT2D eigenvalue weighted by Gasteiger charge is 2.23. The van der Waals surface area contributed by atoms with E-state index in [0.717, 1.165) is 0 Å². The second kappa shape index (κ2) is 4.95. The fraction of sp³-hybridized carbons (Fsp3) is 0.250. The van der Waals surface area contributed by atoms with Gasteiger partial charge in [-0.15, -0.1) is 0 Å². The molecule has 0 aliphatic heterocycles. The molecule has 1 unspecified atom stereocenters. The van der Waals surface area contributed by atoms with Crippen LogP contribution in [-0.4, -0.2) is 21.4 Å². The molecule has 0 fully saturated rings. The first kappa shape index (κ1) is 12.2. The maximum absolute atomic E-state index is 13.1. The minimum atomic E-state index is -1.04. The maximum atomic E-state index is 13.1. The van der Waals surface area contributed by atoms with E-state index in [0.29, 0.717) is 17.0 Å². The summed E-state index contributed by atoms with van der Waals surface area (Å²) in [5.41, 5.74) is 1.40. The molecular weight excluding hydrogens is 239 g/mol. The van der Waals surface area contributed by atoms with Crippen molar-refractivity contribution >= 4 is 5.97 Å². The van der Waals surface area contributed by atoms with Crippen LogP contribution in [0, 0.1) is 12.7 Å². The number of aliphatic carboxylic acids is 1. The highest BCUT2D eigenvalue weighted by atomic mass is 19.1. The predicted molar refractivity (Wildman–Crippen MR) is 59.5 cm³/mol. The molecule has 0 spiro atoms. The quantitative estimate of drug-likeness (QED) is 0.897. The lowest BCUT2D eigenvalue weighted by Gasteiger charge is -2.11. The Kier molecular flexibility index (Phi) is 3.36. The molecule has 1 aromatic heterocycles. The third-order valence-corrected chi connectivity index (χ3v) is 2.69. The lowest BCUT2D eigenvalue weighted by molar-refractivity contribution is -0.138. The average Bonchev–Trinajstić information content (AvgIpc) is 2.71. The van der Waals surface area contributed by atoms with Crippen molar-refractivity contribution in [2.45, 2.75) is 19.3 Å². The summed E-state index contributed by atoms with van der Waals surface area (Å²) < 4.78 is 17.6. The zero-order valence-electron chi connectivity index (χ0n) is 9.63. The molecule has 1 atom stereocenters. The molecule has 0 saturated carbocycles. The summed E-state index contributed by atoms with van der Waals surface area (Å²) >= 11 is 0. The Morgan fingerprint density at radius 3 is 2.83 bits per heavy atom. The van der Waals surface area contributed by atoms with Gasteiger partial charge < -0.3 is 5.11 Å². The Bertz CT molecular complexity index is 568. The Labute approximate surface area is 102 Å². The van der Waals surface area contributed by atoms with Gasteiger partial charge in [0.15, 0.2) is 0 Å². The smallest absolute Gasteiger partial charge is 0.311 e. The summed E-state index contributed by atoms with van der Waals surface area (Å²) in [7, 11) is 0. The number of hydrogen-bond acceptors (Lipinski definition) is 4. The van der Waals surface area contributed by atoms with E-state index in [9.17, 15) is 14.3 Å². The molecule has 0 radical (unpaired) electrons.